The van der Waals surface area contributed by atoms with Crippen molar-refractivity contribution in [2.45, 2.75) is 51.5 Å². The van der Waals surface area contributed by atoms with E-state index >= 15 is 0 Å². The minimum absolute atomic E-state index is 0.170. The van der Waals surface area contributed by atoms with Crippen molar-refractivity contribution in [3.8, 4) is 0 Å². The molecule has 1 aliphatic rings. The first-order chi connectivity index (χ1) is 13.0. The predicted octanol–water partition coefficient (Wildman–Crippen LogP) is 5.64. The Morgan fingerprint density at radius 3 is 2.59 bits per heavy atom. The fourth-order valence-corrected chi connectivity index (χ4v) is 3.91. The third kappa shape index (κ3) is 4.39. The van der Waals surface area contributed by atoms with Gasteiger partial charge >= 0.3 is 5.97 Å². The average Bonchev–Trinajstić information content (AvgIpc) is 3.19. The molecule has 0 saturated heterocycles. The van der Waals surface area contributed by atoms with Gasteiger partial charge in [0.2, 0.25) is 5.78 Å². The third-order valence-corrected chi connectivity index (χ3v) is 5.47. The van der Waals surface area contributed by atoms with Crippen molar-refractivity contribution >= 4 is 35.0 Å². The van der Waals surface area contributed by atoms with E-state index < -0.39 is 0 Å². The Hall–Kier alpha value is -1.78. The van der Waals surface area contributed by atoms with E-state index in [0.717, 1.165) is 31.4 Å². The molecule has 0 fully saturated rings. The van der Waals surface area contributed by atoms with Gasteiger partial charge in [0.05, 0.1) is 17.5 Å². The zero-order valence-electron chi connectivity index (χ0n) is 15.3. The van der Waals surface area contributed by atoms with Crippen LogP contribution in [0.1, 0.15) is 66.7 Å². The van der Waals surface area contributed by atoms with E-state index in [1.165, 1.54) is 0 Å². The molecule has 0 N–H and O–H groups in total. The van der Waals surface area contributed by atoms with E-state index in [1.807, 2.05) is 4.57 Å². The summed E-state index contributed by atoms with van der Waals surface area (Å²) >= 11 is 12.2. The summed E-state index contributed by atoms with van der Waals surface area (Å²) in [7, 11) is 0. The molecule has 0 aliphatic carbocycles. The molecule has 1 aromatic heterocycles. The molecule has 0 radical (unpaired) electrons. The van der Waals surface area contributed by atoms with E-state index in [-0.39, 0.29) is 17.7 Å². The van der Waals surface area contributed by atoms with Crippen LogP contribution in [0.4, 0.5) is 0 Å². The fraction of sp³-hybridized carbons (Fsp3) is 0.429. The van der Waals surface area contributed by atoms with Crippen LogP contribution in [0.5, 0.6) is 0 Å². The number of esters is 1. The number of fused-ring (bicyclic) bond motifs is 1. The molecule has 1 atom stereocenters. The molecule has 4 nitrogen and oxygen atoms in total. The first-order valence-electron chi connectivity index (χ1n) is 9.38. The van der Waals surface area contributed by atoms with Crippen molar-refractivity contribution in [3.05, 3.63) is 57.3 Å². The molecule has 0 spiro atoms. The quantitative estimate of drug-likeness (QED) is 0.323. The lowest BCUT2D eigenvalue weighted by Gasteiger charge is -2.09. The summed E-state index contributed by atoms with van der Waals surface area (Å²) in [4.78, 5) is 25.3. The van der Waals surface area contributed by atoms with Crippen molar-refractivity contribution in [1.29, 1.82) is 0 Å². The number of halogens is 2. The maximum absolute atomic E-state index is 12.9. The maximum Gasteiger partial charge on any atom is 0.315 e. The van der Waals surface area contributed by atoms with Crippen LogP contribution in [0.25, 0.3) is 0 Å². The second-order valence-electron chi connectivity index (χ2n) is 6.82. The Morgan fingerprint density at radius 2 is 1.89 bits per heavy atom. The highest BCUT2D eigenvalue weighted by atomic mass is 35.5. The van der Waals surface area contributed by atoms with Crippen LogP contribution in [0, 0.1) is 0 Å². The van der Waals surface area contributed by atoms with Crippen molar-refractivity contribution in [1.82, 2.24) is 4.57 Å². The molecule has 6 heteroatoms. The fourth-order valence-electron chi connectivity index (χ4n) is 3.48. The molecular formula is C21H23Cl2NO3. The van der Waals surface area contributed by atoms with Gasteiger partial charge in [0.1, 0.15) is 5.69 Å². The molecule has 27 heavy (non-hydrogen) atoms. The zero-order chi connectivity index (χ0) is 19.4. The average molecular weight is 408 g/mol. The number of hydrogen-bond donors (Lipinski definition) is 0. The van der Waals surface area contributed by atoms with Crippen LogP contribution in [-0.4, -0.2) is 22.9 Å². The molecule has 2 heterocycles. The van der Waals surface area contributed by atoms with Gasteiger partial charge in [-0.3, -0.25) is 9.59 Å². The second kappa shape index (κ2) is 8.94. The Balaban J connectivity index is 1.73. The van der Waals surface area contributed by atoms with Crippen molar-refractivity contribution in [2.24, 2.45) is 0 Å². The number of aromatic nitrogens is 1. The van der Waals surface area contributed by atoms with Crippen LogP contribution in [0.15, 0.2) is 30.3 Å². The Bertz CT molecular complexity index is 827. The second-order valence-corrected chi connectivity index (χ2v) is 7.67. The van der Waals surface area contributed by atoms with E-state index in [2.05, 4.69) is 6.92 Å². The van der Waals surface area contributed by atoms with Crippen molar-refractivity contribution < 1.29 is 14.3 Å². The summed E-state index contributed by atoms with van der Waals surface area (Å²) in [6, 6.07) is 8.43. The van der Waals surface area contributed by atoms with Crippen LogP contribution < -0.4 is 0 Å². The van der Waals surface area contributed by atoms with Gasteiger partial charge in [0.15, 0.2) is 0 Å². The lowest BCUT2D eigenvalue weighted by molar-refractivity contribution is -0.145. The Kier molecular flexibility index (Phi) is 6.61. The van der Waals surface area contributed by atoms with Gasteiger partial charge in [-0.25, -0.2) is 0 Å². The highest BCUT2D eigenvalue weighted by Gasteiger charge is 2.35. The summed E-state index contributed by atoms with van der Waals surface area (Å²) in [6.45, 7) is 3.16. The van der Waals surface area contributed by atoms with Crippen molar-refractivity contribution in [2.75, 3.05) is 6.61 Å². The number of hydrogen-bond acceptors (Lipinski definition) is 3. The number of benzene rings is 1. The van der Waals surface area contributed by atoms with Gasteiger partial charge in [0.25, 0.3) is 0 Å². The third-order valence-electron chi connectivity index (χ3n) is 4.93. The van der Waals surface area contributed by atoms with Gasteiger partial charge in [-0.1, -0.05) is 49.4 Å². The lowest BCUT2D eigenvalue weighted by atomic mass is 10.1. The maximum atomic E-state index is 12.9. The number of carbonyl (C=O) groups is 2. The minimum Gasteiger partial charge on any atom is -0.465 e. The van der Waals surface area contributed by atoms with Gasteiger partial charge in [0, 0.05) is 22.8 Å². The topological polar surface area (TPSA) is 48.3 Å². The highest BCUT2D eigenvalue weighted by Crippen LogP contribution is 2.36. The molecule has 1 unspecified atom stereocenters. The largest absolute Gasteiger partial charge is 0.465 e. The van der Waals surface area contributed by atoms with Crippen LogP contribution in [-0.2, 0) is 16.1 Å². The van der Waals surface area contributed by atoms with Gasteiger partial charge < -0.3 is 9.30 Å². The minimum atomic E-state index is -0.361. The van der Waals surface area contributed by atoms with Crippen LogP contribution in [0.3, 0.4) is 0 Å². The molecule has 3 rings (SSSR count). The Morgan fingerprint density at radius 1 is 1.15 bits per heavy atom. The van der Waals surface area contributed by atoms with Crippen LogP contribution >= 0.6 is 23.2 Å². The normalized spacial score (nSPS) is 15.6. The van der Waals surface area contributed by atoms with Crippen LogP contribution in [0.2, 0.25) is 10.0 Å². The predicted molar refractivity (Wildman–Crippen MR) is 107 cm³/mol. The molecule has 0 amide bonds. The molecule has 144 valence electrons. The number of unbranched alkanes of at least 4 members (excludes halogenated alkanes) is 3. The lowest BCUT2D eigenvalue weighted by Crippen LogP contribution is -2.14. The summed E-state index contributed by atoms with van der Waals surface area (Å²) in [5.41, 5.74) is 1.70. The molecule has 1 aromatic carbocycles. The molecular weight excluding hydrogens is 385 g/mol. The first-order valence-corrected chi connectivity index (χ1v) is 10.1. The number of carbonyl (C=O) groups excluding carboxylic acids is 2. The molecule has 0 saturated carbocycles. The number of rotatable bonds is 8. The Labute approximate surface area is 169 Å². The zero-order valence-corrected chi connectivity index (χ0v) is 16.9. The number of ether oxygens (including phenoxy) is 1. The summed E-state index contributed by atoms with van der Waals surface area (Å²) < 4.78 is 7.29. The van der Waals surface area contributed by atoms with E-state index in [0.29, 0.717) is 40.9 Å². The van der Waals surface area contributed by atoms with E-state index in [9.17, 15) is 9.59 Å². The molecule has 2 aromatic rings. The standard InChI is InChI=1S/C21H23Cl2NO3/c1-2-3-4-5-12-27-21(26)16-10-11-24-18(16)13-17(23)19(24)20(25)14-6-8-15(22)9-7-14/h6-9,13,16H,2-5,10-12H2,1H3. The molecule has 0 bridgehead atoms. The highest BCUT2D eigenvalue weighted by molar-refractivity contribution is 6.35. The first kappa shape index (κ1) is 20.0. The smallest absolute Gasteiger partial charge is 0.315 e. The monoisotopic (exact) mass is 407 g/mol. The summed E-state index contributed by atoms with van der Waals surface area (Å²) in [6.07, 6.45) is 4.87. The van der Waals surface area contributed by atoms with E-state index in [1.54, 1.807) is 30.3 Å². The van der Waals surface area contributed by atoms with Gasteiger partial charge in [-0.05, 0) is 43.2 Å². The number of nitrogens with zero attached hydrogens (tertiary/aromatic N) is 1. The van der Waals surface area contributed by atoms with Gasteiger partial charge in [-0.2, -0.15) is 0 Å². The summed E-state index contributed by atoms with van der Waals surface area (Å²) in [5, 5.41) is 0.935. The summed E-state index contributed by atoms with van der Waals surface area (Å²) in [5.74, 6) is -0.762. The van der Waals surface area contributed by atoms with Crippen molar-refractivity contribution in [3.63, 3.8) is 0 Å². The van der Waals surface area contributed by atoms with E-state index in [4.69, 9.17) is 27.9 Å². The van der Waals surface area contributed by atoms with Gasteiger partial charge in [-0.15, -0.1) is 0 Å². The number of ketones is 1. The molecule has 1 aliphatic heterocycles. The SMILES string of the molecule is CCCCCCOC(=O)C1CCn2c1cc(Cl)c2C(=O)c1ccc(Cl)cc1.